The van der Waals surface area contributed by atoms with Crippen LogP contribution in [0.5, 0.6) is 11.5 Å². The summed E-state index contributed by atoms with van der Waals surface area (Å²) in [5, 5.41) is 7.09. The number of fused-ring (bicyclic) bond motifs is 1. The molecule has 0 bridgehead atoms. The molecule has 6 nitrogen and oxygen atoms in total. The number of ether oxygens (including phenoxy) is 2. The lowest BCUT2D eigenvalue weighted by molar-refractivity contribution is -0.124. The molecule has 0 saturated carbocycles. The molecule has 1 aromatic heterocycles. The van der Waals surface area contributed by atoms with Crippen molar-refractivity contribution in [2.75, 3.05) is 13.2 Å². The number of nitrogens with one attached hydrogen (secondary N) is 1. The van der Waals surface area contributed by atoms with Gasteiger partial charge in [0.25, 0.3) is 0 Å². The molecule has 3 rings (SSSR count). The van der Waals surface area contributed by atoms with E-state index in [0.29, 0.717) is 13.2 Å². The van der Waals surface area contributed by atoms with Crippen LogP contribution in [0.15, 0.2) is 36.7 Å². The van der Waals surface area contributed by atoms with Gasteiger partial charge in [0.2, 0.25) is 5.91 Å². The molecule has 0 spiro atoms. The van der Waals surface area contributed by atoms with Gasteiger partial charge in [-0.1, -0.05) is 6.07 Å². The van der Waals surface area contributed by atoms with E-state index in [2.05, 4.69) is 10.4 Å². The molecular weight excluding hydrogens is 282 g/mol. The normalized spacial score (nSPS) is 15.9. The lowest BCUT2D eigenvalue weighted by Gasteiger charge is -2.22. The number of hydrogen-bond acceptors (Lipinski definition) is 4. The van der Waals surface area contributed by atoms with E-state index >= 15 is 0 Å². The van der Waals surface area contributed by atoms with Crippen LogP contribution < -0.4 is 14.8 Å². The molecule has 1 N–H and O–H groups in total. The quantitative estimate of drug-likeness (QED) is 0.939. The van der Waals surface area contributed by atoms with Crippen molar-refractivity contribution in [3.63, 3.8) is 0 Å². The first-order valence-electron chi connectivity index (χ1n) is 7.34. The Kier molecular flexibility index (Phi) is 4.00. The standard InChI is InChI=1S/C16H19N3O3/c1-11(18-16(20)12(2)19-7-3-6-17-19)13-4-5-14-15(10-13)22-9-8-21-14/h3-7,10-12H,8-9H2,1-2H3,(H,18,20). The zero-order chi connectivity index (χ0) is 15.5. The minimum atomic E-state index is -0.352. The van der Waals surface area contributed by atoms with E-state index in [0.717, 1.165) is 17.1 Å². The summed E-state index contributed by atoms with van der Waals surface area (Å²) in [7, 11) is 0. The molecule has 0 radical (unpaired) electrons. The molecular formula is C16H19N3O3. The van der Waals surface area contributed by atoms with Gasteiger partial charge in [-0.15, -0.1) is 0 Å². The summed E-state index contributed by atoms with van der Waals surface area (Å²) < 4.78 is 12.7. The molecule has 0 fully saturated rings. The highest BCUT2D eigenvalue weighted by Gasteiger charge is 2.19. The Balaban J connectivity index is 1.69. The number of aromatic nitrogens is 2. The van der Waals surface area contributed by atoms with Gasteiger partial charge in [0.1, 0.15) is 19.3 Å². The molecule has 2 heterocycles. The summed E-state index contributed by atoms with van der Waals surface area (Å²) >= 11 is 0. The molecule has 2 unspecified atom stereocenters. The summed E-state index contributed by atoms with van der Waals surface area (Å²) in [6.07, 6.45) is 3.44. The third-order valence-corrected chi connectivity index (χ3v) is 3.73. The smallest absolute Gasteiger partial charge is 0.245 e. The number of benzene rings is 1. The second-order valence-corrected chi connectivity index (χ2v) is 5.30. The van der Waals surface area contributed by atoms with Crippen LogP contribution in [0.4, 0.5) is 0 Å². The predicted molar refractivity (Wildman–Crippen MR) is 80.9 cm³/mol. The first kappa shape index (κ1) is 14.4. The van der Waals surface area contributed by atoms with Crippen LogP contribution in [-0.2, 0) is 4.79 Å². The van der Waals surface area contributed by atoms with Crippen molar-refractivity contribution in [3.8, 4) is 11.5 Å². The third kappa shape index (κ3) is 2.90. The van der Waals surface area contributed by atoms with Gasteiger partial charge in [0.15, 0.2) is 11.5 Å². The zero-order valence-electron chi connectivity index (χ0n) is 12.7. The third-order valence-electron chi connectivity index (χ3n) is 3.73. The van der Waals surface area contributed by atoms with Crippen LogP contribution in [0.1, 0.15) is 31.5 Å². The van der Waals surface area contributed by atoms with Crippen molar-refractivity contribution in [2.24, 2.45) is 0 Å². The van der Waals surface area contributed by atoms with Gasteiger partial charge < -0.3 is 14.8 Å². The summed E-state index contributed by atoms with van der Waals surface area (Å²) in [6, 6.07) is 7.06. The summed E-state index contributed by atoms with van der Waals surface area (Å²) in [5.74, 6) is 1.40. The molecule has 1 aliphatic rings. The van der Waals surface area contributed by atoms with Crippen molar-refractivity contribution in [2.45, 2.75) is 25.9 Å². The van der Waals surface area contributed by atoms with E-state index < -0.39 is 0 Å². The van der Waals surface area contributed by atoms with Crippen LogP contribution >= 0.6 is 0 Å². The van der Waals surface area contributed by atoms with Crippen LogP contribution in [0.3, 0.4) is 0 Å². The average molecular weight is 301 g/mol. The fraction of sp³-hybridized carbons (Fsp3) is 0.375. The Morgan fingerprint density at radius 1 is 1.27 bits per heavy atom. The van der Waals surface area contributed by atoms with E-state index in [4.69, 9.17) is 9.47 Å². The minimum absolute atomic E-state index is 0.0777. The van der Waals surface area contributed by atoms with Crippen LogP contribution in [0.2, 0.25) is 0 Å². The van der Waals surface area contributed by atoms with E-state index in [9.17, 15) is 4.79 Å². The second kappa shape index (κ2) is 6.09. The monoisotopic (exact) mass is 301 g/mol. The van der Waals surface area contributed by atoms with Gasteiger partial charge >= 0.3 is 0 Å². The lowest BCUT2D eigenvalue weighted by atomic mass is 10.1. The highest BCUT2D eigenvalue weighted by molar-refractivity contribution is 5.80. The Hall–Kier alpha value is -2.50. The number of hydrogen-bond donors (Lipinski definition) is 1. The van der Waals surface area contributed by atoms with E-state index in [1.54, 1.807) is 23.1 Å². The molecule has 0 aliphatic carbocycles. The lowest BCUT2D eigenvalue weighted by Crippen LogP contribution is -2.33. The fourth-order valence-corrected chi connectivity index (χ4v) is 2.38. The number of amides is 1. The molecule has 22 heavy (non-hydrogen) atoms. The minimum Gasteiger partial charge on any atom is -0.486 e. The summed E-state index contributed by atoms with van der Waals surface area (Å²) in [5.41, 5.74) is 0.977. The molecule has 2 atom stereocenters. The molecule has 116 valence electrons. The van der Waals surface area contributed by atoms with E-state index in [-0.39, 0.29) is 18.0 Å². The van der Waals surface area contributed by atoms with Gasteiger partial charge in [-0.25, -0.2) is 0 Å². The zero-order valence-corrected chi connectivity index (χ0v) is 12.7. The van der Waals surface area contributed by atoms with Crippen molar-refractivity contribution in [1.82, 2.24) is 15.1 Å². The molecule has 6 heteroatoms. The molecule has 1 amide bonds. The highest BCUT2D eigenvalue weighted by Crippen LogP contribution is 2.32. The maximum atomic E-state index is 12.3. The molecule has 1 aliphatic heterocycles. The van der Waals surface area contributed by atoms with Crippen molar-refractivity contribution in [3.05, 3.63) is 42.2 Å². The van der Waals surface area contributed by atoms with Crippen LogP contribution in [0, 0.1) is 0 Å². The Bertz CT molecular complexity index is 655. The van der Waals surface area contributed by atoms with Gasteiger partial charge in [-0.3, -0.25) is 9.48 Å². The maximum Gasteiger partial charge on any atom is 0.245 e. The SMILES string of the molecule is CC(NC(=O)C(C)n1cccn1)c1ccc2c(c1)OCCO2. The molecule has 1 aromatic carbocycles. The summed E-state index contributed by atoms with van der Waals surface area (Å²) in [6.45, 7) is 4.88. The molecule has 2 aromatic rings. The molecule has 0 saturated heterocycles. The summed E-state index contributed by atoms with van der Waals surface area (Å²) in [4.78, 5) is 12.3. The average Bonchev–Trinajstić information content (AvgIpc) is 3.08. The first-order chi connectivity index (χ1) is 10.6. The van der Waals surface area contributed by atoms with Gasteiger partial charge in [0, 0.05) is 12.4 Å². The van der Waals surface area contributed by atoms with Crippen molar-refractivity contribution >= 4 is 5.91 Å². The Labute approximate surface area is 129 Å². The van der Waals surface area contributed by atoms with E-state index in [1.165, 1.54) is 0 Å². The van der Waals surface area contributed by atoms with Gasteiger partial charge in [-0.2, -0.15) is 5.10 Å². The van der Waals surface area contributed by atoms with Crippen LogP contribution in [0.25, 0.3) is 0 Å². The Morgan fingerprint density at radius 2 is 2.05 bits per heavy atom. The van der Waals surface area contributed by atoms with E-state index in [1.807, 2.05) is 32.0 Å². The fourth-order valence-electron chi connectivity index (χ4n) is 2.38. The van der Waals surface area contributed by atoms with Crippen molar-refractivity contribution in [1.29, 1.82) is 0 Å². The largest absolute Gasteiger partial charge is 0.486 e. The maximum absolute atomic E-state index is 12.3. The second-order valence-electron chi connectivity index (χ2n) is 5.30. The van der Waals surface area contributed by atoms with Crippen LogP contribution in [-0.4, -0.2) is 28.9 Å². The highest BCUT2D eigenvalue weighted by atomic mass is 16.6. The Morgan fingerprint density at radius 3 is 2.77 bits per heavy atom. The first-order valence-corrected chi connectivity index (χ1v) is 7.34. The number of rotatable bonds is 4. The van der Waals surface area contributed by atoms with Gasteiger partial charge in [-0.05, 0) is 37.6 Å². The number of nitrogens with zero attached hydrogens (tertiary/aromatic N) is 2. The van der Waals surface area contributed by atoms with Gasteiger partial charge in [0.05, 0.1) is 6.04 Å². The topological polar surface area (TPSA) is 65.4 Å². The predicted octanol–water partition coefficient (Wildman–Crippen LogP) is 2.09. The number of carbonyl (C=O) groups excluding carboxylic acids is 1. The van der Waals surface area contributed by atoms with Crippen molar-refractivity contribution < 1.29 is 14.3 Å². The number of carbonyl (C=O) groups is 1.